The first-order valence-corrected chi connectivity index (χ1v) is 5.99. The second-order valence-electron chi connectivity index (χ2n) is 5.17. The van der Waals surface area contributed by atoms with Crippen LogP contribution >= 0.6 is 0 Å². The number of benzene rings is 1. The SMILES string of the molecule is COc1cc(CC(=O)OC(C)(C)C)c(OC)cc1N. The second kappa shape index (κ2) is 5.82. The van der Waals surface area contributed by atoms with Crippen molar-refractivity contribution in [3.8, 4) is 11.5 Å². The van der Waals surface area contributed by atoms with Crippen molar-refractivity contribution in [2.45, 2.75) is 32.8 Å². The Morgan fingerprint density at radius 1 is 1.16 bits per heavy atom. The van der Waals surface area contributed by atoms with Crippen molar-refractivity contribution in [1.82, 2.24) is 0 Å². The molecular weight excluding hydrogens is 246 g/mol. The lowest BCUT2D eigenvalue weighted by atomic mass is 10.1. The number of ether oxygens (including phenoxy) is 3. The lowest BCUT2D eigenvalue weighted by Crippen LogP contribution is -2.25. The minimum Gasteiger partial charge on any atom is -0.496 e. The second-order valence-corrected chi connectivity index (χ2v) is 5.17. The summed E-state index contributed by atoms with van der Waals surface area (Å²) in [5.74, 6) is 0.737. The number of rotatable bonds is 4. The van der Waals surface area contributed by atoms with Crippen molar-refractivity contribution in [1.29, 1.82) is 0 Å². The van der Waals surface area contributed by atoms with Crippen molar-refractivity contribution in [3.05, 3.63) is 17.7 Å². The number of nitrogens with two attached hydrogens (primary N) is 1. The van der Waals surface area contributed by atoms with Crippen LogP contribution in [0.4, 0.5) is 5.69 Å². The molecule has 0 atom stereocenters. The average Bonchev–Trinajstić information content (AvgIpc) is 2.28. The Labute approximate surface area is 113 Å². The van der Waals surface area contributed by atoms with E-state index in [2.05, 4.69) is 0 Å². The fourth-order valence-electron chi connectivity index (χ4n) is 1.66. The first-order valence-electron chi connectivity index (χ1n) is 5.99. The molecule has 0 saturated carbocycles. The largest absolute Gasteiger partial charge is 0.496 e. The van der Waals surface area contributed by atoms with Gasteiger partial charge in [-0.2, -0.15) is 0 Å². The van der Waals surface area contributed by atoms with Crippen LogP contribution in [-0.2, 0) is 16.0 Å². The summed E-state index contributed by atoms with van der Waals surface area (Å²) in [6, 6.07) is 3.33. The molecule has 2 N–H and O–H groups in total. The third-order valence-corrected chi connectivity index (χ3v) is 2.39. The van der Waals surface area contributed by atoms with Crippen LogP contribution in [0.1, 0.15) is 26.3 Å². The Kier molecular flexibility index (Phi) is 4.64. The summed E-state index contributed by atoms with van der Waals surface area (Å²) >= 11 is 0. The maximum atomic E-state index is 11.8. The van der Waals surface area contributed by atoms with Gasteiger partial charge in [0.05, 0.1) is 26.3 Å². The molecule has 5 heteroatoms. The van der Waals surface area contributed by atoms with Gasteiger partial charge in [-0.3, -0.25) is 4.79 Å². The zero-order valence-corrected chi connectivity index (χ0v) is 12.1. The van der Waals surface area contributed by atoms with Gasteiger partial charge in [0.1, 0.15) is 17.1 Å². The molecule has 0 fully saturated rings. The highest BCUT2D eigenvalue weighted by molar-refractivity contribution is 5.75. The maximum absolute atomic E-state index is 11.8. The van der Waals surface area contributed by atoms with E-state index in [4.69, 9.17) is 19.9 Å². The molecule has 5 nitrogen and oxygen atoms in total. The van der Waals surface area contributed by atoms with Crippen molar-refractivity contribution < 1.29 is 19.0 Å². The van der Waals surface area contributed by atoms with Gasteiger partial charge in [0, 0.05) is 11.6 Å². The molecule has 0 heterocycles. The molecule has 0 bridgehead atoms. The zero-order chi connectivity index (χ0) is 14.6. The van der Waals surface area contributed by atoms with Crippen LogP contribution in [0, 0.1) is 0 Å². The molecule has 0 amide bonds. The van der Waals surface area contributed by atoms with E-state index in [1.54, 1.807) is 12.1 Å². The lowest BCUT2D eigenvalue weighted by Gasteiger charge is -2.20. The average molecular weight is 267 g/mol. The summed E-state index contributed by atoms with van der Waals surface area (Å²) < 4.78 is 15.6. The van der Waals surface area contributed by atoms with E-state index >= 15 is 0 Å². The zero-order valence-electron chi connectivity index (χ0n) is 12.1. The van der Waals surface area contributed by atoms with Gasteiger partial charge in [-0.05, 0) is 26.8 Å². The van der Waals surface area contributed by atoms with E-state index < -0.39 is 5.60 Å². The third-order valence-electron chi connectivity index (χ3n) is 2.39. The van der Waals surface area contributed by atoms with Crippen LogP contribution in [0.2, 0.25) is 0 Å². The standard InChI is InChI=1S/C14H21NO4/c1-14(2,3)19-13(16)7-9-6-12(18-5)10(15)8-11(9)17-4/h6,8H,7,15H2,1-5H3. The number of anilines is 1. The van der Waals surface area contributed by atoms with E-state index in [1.807, 2.05) is 20.8 Å². The molecule has 0 aliphatic rings. The first-order chi connectivity index (χ1) is 8.76. The minimum atomic E-state index is -0.512. The molecule has 0 unspecified atom stereocenters. The molecule has 1 rings (SSSR count). The van der Waals surface area contributed by atoms with Gasteiger partial charge in [0.15, 0.2) is 0 Å². The first kappa shape index (κ1) is 15.1. The number of hydrogen-bond donors (Lipinski definition) is 1. The highest BCUT2D eigenvalue weighted by atomic mass is 16.6. The van der Waals surface area contributed by atoms with Crippen LogP contribution in [0.25, 0.3) is 0 Å². The minimum absolute atomic E-state index is 0.108. The van der Waals surface area contributed by atoms with Crippen molar-refractivity contribution in [3.63, 3.8) is 0 Å². The van der Waals surface area contributed by atoms with Crippen LogP contribution in [-0.4, -0.2) is 25.8 Å². The molecular formula is C14H21NO4. The van der Waals surface area contributed by atoms with Crippen LogP contribution in [0.3, 0.4) is 0 Å². The van der Waals surface area contributed by atoms with E-state index in [-0.39, 0.29) is 12.4 Å². The maximum Gasteiger partial charge on any atom is 0.310 e. The lowest BCUT2D eigenvalue weighted by molar-refractivity contribution is -0.153. The topological polar surface area (TPSA) is 70.8 Å². The van der Waals surface area contributed by atoms with Crippen molar-refractivity contribution in [2.24, 2.45) is 0 Å². The van der Waals surface area contributed by atoms with Gasteiger partial charge in [-0.15, -0.1) is 0 Å². The third kappa shape index (κ3) is 4.35. The smallest absolute Gasteiger partial charge is 0.310 e. The van der Waals surface area contributed by atoms with Crippen molar-refractivity contribution in [2.75, 3.05) is 20.0 Å². The Morgan fingerprint density at radius 2 is 1.74 bits per heavy atom. The van der Waals surface area contributed by atoms with Crippen LogP contribution in [0.5, 0.6) is 11.5 Å². The number of carbonyl (C=O) groups excluding carboxylic acids is 1. The molecule has 106 valence electrons. The molecule has 0 spiro atoms. The van der Waals surface area contributed by atoms with Gasteiger partial charge in [0.25, 0.3) is 0 Å². The summed E-state index contributed by atoms with van der Waals surface area (Å²) in [5.41, 5.74) is 6.42. The van der Waals surface area contributed by atoms with Crippen molar-refractivity contribution >= 4 is 11.7 Å². The summed E-state index contributed by atoms with van der Waals surface area (Å²) in [5, 5.41) is 0. The molecule has 0 radical (unpaired) electrons. The molecule has 1 aromatic rings. The van der Waals surface area contributed by atoms with Gasteiger partial charge in [0.2, 0.25) is 0 Å². The quantitative estimate of drug-likeness (QED) is 0.668. The summed E-state index contributed by atoms with van der Waals surface area (Å²) in [6.07, 6.45) is 0.108. The van der Waals surface area contributed by atoms with Crippen LogP contribution in [0.15, 0.2) is 12.1 Å². The van der Waals surface area contributed by atoms with Gasteiger partial charge in [-0.1, -0.05) is 0 Å². The van der Waals surface area contributed by atoms with Gasteiger partial charge >= 0.3 is 5.97 Å². The van der Waals surface area contributed by atoms with Gasteiger partial charge < -0.3 is 19.9 Å². The Morgan fingerprint density at radius 3 is 2.21 bits per heavy atom. The number of methoxy groups -OCH3 is 2. The summed E-state index contributed by atoms with van der Waals surface area (Å²) in [6.45, 7) is 5.48. The summed E-state index contributed by atoms with van der Waals surface area (Å²) in [7, 11) is 3.05. The van der Waals surface area contributed by atoms with Gasteiger partial charge in [-0.25, -0.2) is 0 Å². The number of nitrogen functional groups attached to an aromatic ring is 1. The molecule has 0 aromatic heterocycles. The normalized spacial score (nSPS) is 11.0. The highest BCUT2D eigenvalue weighted by Crippen LogP contribution is 2.31. The Hall–Kier alpha value is -1.91. The molecule has 0 aliphatic carbocycles. The predicted molar refractivity (Wildman–Crippen MR) is 73.5 cm³/mol. The Bertz CT molecular complexity index is 463. The molecule has 1 aromatic carbocycles. The Balaban J connectivity index is 2.96. The molecule has 0 saturated heterocycles. The number of carbonyl (C=O) groups is 1. The van der Waals surface area contributed by atoms with E-state index in [0.717, 1.165) is 0 Å². The fourth-order valence-corrected chi connectivity index (χ4v) is 1.66. The number of hydrogen-bond acceptors (Lipinski definition) is 5. The molecule has 0 aliphatic heterocycles. The molecule has 19 heavy (non-hydrogen) atoms. The van der Waals surface area contributed by atoms with E-state index in [1.165, 1.54) is 14.2 Å². The predicted octanol–water partition coefficient (Wildman–Crippen LogP) is 2.17. The van der Waals surface area contributed by atoms with E-state index in [0.29, 0.717) is 22.7 Å². The fraction of sp³-hybridized carbons (Fsp3) is 0.500. The summed E-state index contributed by atoms with van der Waals surface area (Å²) in [4.78, 5) is 11.8. The highest BCUT2D eigenvalue weighted by Gasteiger charge is 2.19. The number of esters is 1. The van der Waals surface area contributed by atoms with E-state index in [9.17, 15) is 4.79 Å². The van der Waals surface area contributed by atoms with Crippen LogP contribution < -0.4 is 15.2 Å². The monoisotopic (exact) mass is 267 g/mol.